The average Bonchev–Trinajstić information content (AvgIpc) is 3.48. The van der Waals surface area contributed by atoms with Gasteiger partial charge in [-0.1, -0.05) is 91.0 Å². The summed E-state index contributed by atoms with van der Waals surface area (Å²) < 4.78 is 10.5. The highest BCUT2D eigenvalue weighted by Crippen LogP contribution is 2.59. The van der Waals surface area contributed by atoms with Gasteiger partial charge in [0.25, 0.3) is 11.8 Å². The van der Waals surface area contributed by atoms with E-state index in [1.54, 1.807) is 77.9 Å². The molecule has 0 radical (unpaired) electrons. The number of carbonyl (C=O) groups is 6. The van der Waals surface area contributed by atoms with E-state index in [1.165, 1.54) is 0 Å². The molecular weight excluding hydrogens is 643 g/mol. The highest BCUT2D eigenvalue weighted by atomic mass is 31.2. The highest BCUT2D eigenvalue weighted by molar-refractivity contribution is 7.96. The fourth-order valence-electron chi connectivity index (χ4n) is 7.34. The predicted octanol–water partition coefficient (Wildman–Crippen LogP) is 3.05. The zero-order valence-corrected chi connectivity index (χ0v) is 29.8. The normalized spacial score (nSPS) is 21.8. The SMILES string of the molecule is COC(=O)[C@@H]1C(=O)N(C(C)(C)C)C(=O)C1[C@]1(C(=O)OC)C(=O)N(C(C)(C)C)C(=O)C1=P(c1ccccc1)(c1ccccc1)c1ccccc1. The molecule has 2 fully saturated rings. The number of amides is 4. The number of carbonyl (C=O) groups excluding carboxylic acids is 6. The number of methoxy groups -OCH3 is 2. The molecule has 3 atom stereocenters. The van der Waals surface area contributed by atoms with E-state index in [1.807, 2.05) is 54.6 Å². The largest absolute Gasteiger partial charge is 0.468 e. The summed E-state index contributed by atoms with van der Waals surface area (Å²) in [5, 5.41) is 1.59. The molecule has 0 N–H and O–H groups in total. The van der Waals surface area contributed by atoms with Gasteiger partial charge in [-0.3, -0.25) is 38.6 Å². The molecule has 5 rings (SSSR count). The van der Waals surface area contributed by atoms with E-state index >= 15 is 9.59 Å². The quantitative estimate of drug-likeness (QED) is 0.168. The first-order valence-electron chi connectivity index (χ1n) is 15.9. The monoisotopic (exact) mass is 684 g/mol. The van der Waals surface area contributed by atoms with Gasteiger partial charge in [0.05, 0.1) is 25.4 Å². The van der Waals surface area contributed by atoms with Gasteiger partial charge in [-0.15, -0.1) is 0 Å². The van der Waals surface area contributed by atoms with Crippen LogP contribution in [0.4, 0.5) is 0 Å². The van der Waals surface area contributed by atoms with Crippen molar-refractivity contribution in [1.82, 2.24) is 9.80 Å². The Hall–Kier alpha value is -4.82. The lowest BCUT2D eigenvalue weighted by atomic mass is 9.68. The van der Waals surface area contributed by atoms with Crippen LogP contribution in [0.15, 0.2) is 91.0 Å². The lowest BCUT2D eigenvalue weighted by molar-refractivity contribution is -0.166. The Morgan fingerprint density at radius 2 is 1.04 bits per heavy atom. The summed E-state index contributed by atoms with van der Waals surface area (Å²) in [5.74, 6) is -10.0. The maximum absolute atomic E-state index is 15.5. The molecule has 2 aliphatic rings. The molecule has 1 unspecified atom stereocenters. The summed E-state index contributed by atoms with van der Waals surface area (Å²) in [6.07, 6.45) is 0. The van der Waals surface area contributed by atoms with Crippen molar-refractivity contribution < 1.29 is 38.2 Å². The van der Waals surface area contributed by atoms with E-state index in [-0.39, 0.29) is 5.29 Å². The molecule has 2 aliphatic heterocycles. The van der Waals surface area contributed by atoms with Crippen molar-refractivity contribution in [3.8, 4) is 0 Å². The number of likely N-dealkylation sites (tertiary alicyclic amines) is 2. The molecule has 49 heavy (non-hydrogen) atoms. The summed E-state index contributed by atoms with van der Waals surface area (Å²) in [4.78, 5) is 90.6. The maximum atomic E-state index is 15.5. The molecule has 0 saturated carbocycles. The standard InChI is InChI=1S/C38H41N2O8P/c1-36(2,3)39-30(41)27(33(44)47-7)28(31(39)42)38(35(46)48-8)29(32(43)40(34(38)45)37(4,5)6)49(24-18-12-9-13-19-24,25-20-14-10-15-21-25)26-22-16-11-17-23-26/h9-23,27-28H,1-8H3/t27-,28?,38+/m0/s1. The van der Waals surface area contributed by atoms with Gasteiger partial charge in [-0.05, 0) is 64.3 Å². The van der Waals surface area contributed by atoms with Gasteiger partial charge in [0.15, 0.2) is 5.41 Å². The van der Waals surface area contributed by atoms with Crippen LogP contribution in [0.1, 0.15) is 41.5 Å². The molecule has 11 heteroatoms. The van der Waals surface area contributed by atoms with Crippen molar-refractivity contribution in [2.75, 3.05) is 14.2 Å². The van der Waals surface area contributed by atoms with Gasteiger partial charge in [-0.25, -0.2) is 0 Å². The van der Waals surface area contributed by atoms with Crippen molar-refractivity contribution in [3.05, 3.63) is 91.0 Å². The van der Waals surface area contributed by atoms with Crippen LogP contribution in [0.25, 0.3) is 0 Å². The second-order valence-corrected chi connectivity index (χ2v) is 17.4. The smallest absolute Gasteiger partial charge is 0.327 e. The Balaban J connectivity index is 2.18. The molecule has 2 heterocycles. The molecule has 256 valence electrons. The van der Waals surface area contributed by atoms with Gasteiger partial charge in [0.2, 0.25) is 11.8 Å². The number of benzene rings is 3. The first-order valence-corrected chi connectivity index (χ1v) is 17.7. The van der Waals surface area contributed by atoms with E-state index in [0.29, 0.717) is 15.9 Å². The number of hydrogen-bond acceptors (Lipinski definition) is 8. The molecule has 0 aromatic heterocycles. The van der Waals surface area contributed by atoms with Crippen LogP contribution in [0.3, 0.4) is 0 Å². The lowest BCUT2D eigenvalue weighted by Crippen LogP contribution is -2.58. The molecule has 0 aliphatic carbocycles. The maximum Gasteiger partial charge on any atom is 0.327 e. The number of hydrogen-bond donors (Lipinski definition) is 0. The van der Waals surface area contributed by atoms with Crippen LogP contribution in [-0.4, -0.2) is 76.0 Å². The molecule has 0 spiro atoms. The van der Waals surface area contributed by atoms with Gasteiger partial charge >= 0.3 is 11.9 Å². The van der Waals surface area contributed by atoms with E-state index in [9.17, 15) is 19.2 Å². The van der Waals surface area contributed by atoms with E-state index < -0.39 is 70.8 Å². The number of esters is 2. The minimum absolute atomic E-state index is 0.216. The van der Waals surface area contributed by atoms with Crippen LogP contribution in [0.2, 0.25) is 0 Å². The first kappa shape index (κ1) is 35.5. The van der Waals surface area contributed by atoms with Crippen LogP contribution in [-0.2, 0) is 38.2 Å². The van der Waals surface area contributed by atoms with Gasteiger partial charge in [-0.2, -0.15) is 0 Å². The summed E-state index contributed by atoms with van der Waals surface area (Å²) in [6.45, 7) is 6.09. The number of rotatable bonds is 6. The Kier molecular flexibility index (Phi) is 9.10. The van der Waals surface area contributed by atoms with Crippen molar-refractivity contribution in [1.29, 1.82) is 0 Å². The van der Waals surface area contributed by atoms with E-state index in [4.69, 9.17) is 9.47 Å². The Morgan fingerprint density at radius 1 is 0.633 bits per heavy atom. The van der Waals surface area contributed by atoms with Gasteiger partial charge in [0.1, 0.15) is 5.92 Å². The third-order valence-corrected chi connectivity index (χ3v) is 13.6. The fraction of sp³-hybridized carbons (Fsp3) is 0.342. The third-order valence-electron chi connectivity index (χ3n) is 9.16. The fourth-order valence-corrected chi connectivity index (χ4v) is 12.1. The predicted molar refractivity (Wildman–Crippen MR) is 187 cm³/mol. The minimum atomic E-state index is -3.64. The molecule has 2 saturated heterocycles. The second kappa shape index (κ2) is 12.6. The van der Waals surface area contributed by atoms with Crippen LogP contribution in [0, 0.1) is 17.3 Å². The van der Waals surface area contributed by atoms with Crippen LogP contribution in [0.5, 0.6) is 0 Å². The molecule has 0 bridgehead atoms. The molecule has 10 nitrogen and oxygen atoms in total. The van der Waals surface area contributed by atoms with Crippen molar-refractivity contribution in [3.63, 3.8) is 0 Å². The Bertz CT molecular complexity index is 1790. The number of imide groups is 2. The summed E-state index contributed by atoms with van der Waals surface area (Å²) in [7, 11) is 2.12. The van der Waals surface area contributed by atoms with Crippen molar-refractivity contribution >= 4 is 63.7 Å². The third kappa shape index (κ3) is 5.16. The van der Waals surface area contributed by atoms with Gasteiger partial charge < -0.3 is 9.47 Å². The van der Waals surface area contributed by atoms with Crippen molar-refractivity contribution in [2.45, 2.75) is 52.6 Å². The number of ether oxygens (including phenoxy) is 2. The minimum Gasteiger partial charge on any atom is -0.468 e. The Labute approximate surface area is 286 Å². The zero-order chi connectivity index (χ0) is 36.1. The molecular formula is C38H41N2O8P. The second-order valence-electron chi connectivity index (χ2n) is 14.1. The lowest BCUT2D eigenvalue weighted by Gasteiger charge is -2.38. The van der Waals surface area contributed by atoms with E-state index in [0.717, 1.165) is 24.0 Å². The first-order chi connectivity index (χ1) is 23.0. The van der Waals surface area contributed by atoms with Crippen LogP contribution >= 0.6 is 6.89 Å². The zero-order valence-electron chi connectivity index (χ0n) is 28.9. The Morgan fingerprint density at radius 3 is 1.39 bits per heavy atom. The summed E-state index contributed by atoms with van der Waals surface area (Å²) in [5.41, 5.74) is -5.16. The topological polar surface area (TPSA) is 127 Å². The molecule has 3 aromatic carbocycles. The summed E-state index contributed by atoms with van der Waals surface area (Å²) in [6, 6.07) is 27.1. The van der Waals surface area contributed by atoms with Crippen molar-refractivity contribution in [2.24, 2.45) is 17.3 Å². The molecule has 4 amide bonds. The highest BCUT2D eigenvalue weighted by Gasteiger charge is 2.76. The molecule has 3 aromatic rings. The number of nitrogens with zero attached hydrogens (tertiary/aromatic N) is 2. The summed E-state index contributed by atoms with van der Waals surface area (Å²) >= 11 is 0. The van der Waals surface area contributed by atoms with Crippen LogP contribution < -0.4 is 15.9 Å². The average molecular weight is 685 g/mol. The van der Waals surface area contributed by atoms with Gasteiger partial charge in [0, 0.05) is 11.1 Å². The van der Waals surface area contributed by atoms with E-state index in [2.05, 4.69) is 0 Å².